The number of nitrogens with one attached hydrogen (secondary N) is 1. The predicted molar refractivity (Wildman–Crippen MR) is 65.4 cm³/mol. The minimum atomic E-state index is -0.0157. The zero-order valence-electron chi connectivity index (χ0n) is 8.91. The fourth-order valence-corrected chi connectivity index (χ4v) is 1.90. The summed E-state index contributed by atoms with van der Waals surface area (Å²) in [5, 5.41) is 2.89. The van der Waals surface area contributed by atoms with Gasteiger partial charge in [0.2, 0.25) is 0 Å². The highest BCUT2D eigenvalue weighted by Gasteiger charge is 2.21. The van der Waals surface area contributed by atoms with Gasteiger partial charge in [-0.25, -0.2) is 0 Å². The lowest BCUT2D eigenvalue weighted by Gasteiger charge is -2.04. The van der Waals surface area contributed by atoms with Gasteiger partial charge in [0, 0.05) is 16.6 Å². The van der Waals surface area contributed by atoms with Crippen LogP contribution in [0.2, 0.25) is 0 Å². The van der Waals surface area contributed by atoms with E-state index in [4.69, 9.17) is 4.74 Å². The van der Waals surface area contributed by atoms with Gasteiger partial charge in [-0.2, -0.15) is 0 Å². The maximum Gasteiger partial charge on any atom is 0.251 e. The van der Waals surface area contributed by atoms with Crippen LogP contribution in [0, 0.1) is 0 Å². The predicted octanol–water partition coefficient (Wildman–Crippen LogP) is 2.36. The first-order chi connectivity index (χ1) is 7.75. The van der Waals surface area contributed by atoms with E-state index in [1.807, 2.05) is 24.3 Å². The van der Waals surface area contributed by atoms with Gasteiger partial charge < -0.3 is 10.1 Å². The number of ether oxygens (including phenoxy) is 1. The zero-order chi connectivity index (χ0) is 11.4. The molecule has 1 aliphatic rings. The summed E-state index contributed by atoms with van der Waals surface area (Å²) in [5.41, 5.74) is 0.692. The number of halogens is 1. The highest BCUT2D eigenvalue weighted by molar-refractivity contribution is 9.10. The molecule has 0 spiro atoms. The van der Waals surface area contributed by atoms with Gasteiger partial charge >= 0.3 is 0 Å². The van der Waals surface area contributed by atoms with E-state index >= 15 is 0 Å². The van der Waals surface area contributed by atoms with Crippen LogP contribution in [0.5, 0.6) is 0 Å². The molecule has 0 radical (unpaired) electrons. The molecule has 86 valence electrons. The summed E-state index contributed by atoms with van der Waals surface area (Å²) in [6.45, 7) is 1.60. The van der Waals surface area contributed by atoms with Crippen molar-refractivity contribution in [2.45, 2.75) is 18.9 Å². The highest BCUT2D eigenvalue weighted by Crippen LogP contribution is 2.15. The molecule has 1 aliphatic heterocycles. The average molecular weight is 284 g/mol. The first-order valence-electron chi connectivity index (χ1n) is 5.41. The topological polar surface area (TPSA) is 41.6 Å². The molecule has 1 N–H and O–H groups in total. The Morgan fingerprint density at radius 1 is 1.56 bits per heavy atom. The number of hydrogen-bond donors (Lipinski definition) is 1. The van der Waals surface area contributed by atoms with E-state index in [1.54, 1.807) is 0 Å². The minimum absolute atomic E-state index is 0.0157. The zero-order valence-corrected chi connectivity index (χ0v) is 10.5. The lowest BCUT2D eigenvalue weighted by atomic mass is 10.2. The second kappa shape index (κ2) is 5.46. The van der Waals surface area contributed by atoms with Gasteiger partial charge in [-0.15, -0.1) is 0 Å². The van der Waals surface area contributed by atoms with E-state index in [2.05, 4.69) is 21.2 Å². The smallest absolute Gasteiger partial charge is 0.251 e. The molecule has 1 unspecified atom stereocenters. The van der Waals surface area contributed by atoms with Crippen LogP contribution in [0.15, 0.2) is 28.7 Å². The Morgan fingerprint density at radius 2 is 2.38 bits per heavy atom. The number of epoxide rings is 1. The van der Waals surface area contributed by atoms with Crippen molar-refractivity contribution >= 4 is 21.8 Å². The molecule has 1 heterocycles. The molecule has 4 heteroatoms. The number of hydrogen-bond acceptors (Lipinski definition) is 2. The van der Waals surface area contributed by atoms with Crippen molar-refractivity contribution in [3.05, 3.63) is 34.3 Å². The largest absolute Gasteiger partial charge is 0.373 e. The Hall–Kier alpha value is -0.870. The maximum atomic E-state index is 11.7. The molecule has 2 rings (SSSR count). The molecule has 0 aromatic heterocycles. The molecular formula is C12H14BrNO2. The Kier molecular flexibility index (Phi) is 3.96. The molecule has 1 fully saturated rings. The third kappa shape index (κ3) is 3.61. The van der Waals surface area contributed by atoms with E-state index < -0.39 is 0 Å². The standard InChI is InChI=1S/C12H14BrNO2/c13-10-4-1-3-9(7-10)12(15)14-6-2-5-11-8-16-11/h1,3-4,7,11H,2,5-6,8H2,(H,14,15). The van der Waals surface area contributed by atoms with Crippen LogP contribution in [0.4, 0.5) is 0 Å². The summed E-state index contributed by atoms with van der Waals surface area (Å²) in [6.07, 6.45) is 2.46. The Morgan fingerprint density at radius 3 is 3.06 bits per heavy atom. The third-order valence-electron chi connectivity index (χ3n) is 2.48. The molecule has 1 aromatic rings. The SMILES string of the molecule is O=C(NCCCC1CO1)c1cccc(Br)c1. The van der Waals surface area contributed by atoms with Gasteiger partial charge in [0.15, 0.2) is 0 Å². The molecule has 16 heavy (non-hydrogen) atoms. The van der Waals surface area contributed by atoms with Gasteiger partial charge in [0.25, 0.3) is 5.91 Å². The van der Waals surface area contributed by atoms with Gasteiger partial charge in [-0.1, -0.05) is 22.0 Å². The first kappa shape index (κ1) is 11.6. The molecule has 0 saturated carbocycles. The molecule has 1 aromatic carbocycles. The Bertz CT molecular complexity index is 377. The van der Waals surface area contributed by atoms with Crippen LogP contribution in [0.25, 0.3) is 0 Å². The van der Waals surface area contributed by atoms with Gasteiger partial charge in [0.05, 0.1) is 12.7 Å². The third-order valence-corrected chi connectivity index (χ3v) is 2.97. The second-order valence-electron chi connectivity index (χ2n) is 3.86. The molecule has 0 aliphatic carbocycles. The quantitative estimate of drug-likeness (QED) is 0.666. The molecule has 0 bridgehead atoms. The van der Waals surface area contributed by atoms with Crippen molar-refractivity contribution in [3.8, 4) is 0 Å². The molecule has 3 nitrogen and oxygen atoms in total. The van der Waals surface area contributed by atoms with Crippen LogP contribution < -0.4 is 5.32 Å². The van der Waals surface area contributed by atoms with Crippen molar-refractivity contribution in [2.75, 3.05) is 13.2 Å². The van der Waals surface area contributed by atoms with Crippen LogP contribution in [-0.4, -0.2) is 25.2 Å². The van der Waals surface area contributed by atoms with E-state index in [1.165, 1.54) is 0 Å². The summed E-state index contributed by atoms with van der Waals surface area (Å²) >= 11 is 3.34. The van der Waals surface area contributed by atoms with E-state index in [0.29, 0.717) is 18.2 Å². The lowest BCUT2D eigenvalue weighted by Crippen LogP contribution is -2.24. The maximum absolute atomic E-state index is 11.7. The number of amides is 1. The number of rotatable bonds is 5. The Balaban J connectivity index is 1.73. The average Bonchev–Trinajstić information content (AvgIpc) is 3.08. The molecule has 1 saturated heterocycles. The molecule has 1 amide bonds. The van der Waals surface area contributed by atoms with Crippen molar-refractivity contribution in [1.82, 2.24) is 5.32 Å². The van der Waals surface area contributed by atoms with Crippen LogP contribution in [0.1, 0.15) is 23.2 Å². The van der Waals surface area contributed by atoms with Crippen LogP contribution in [0.3, 0.4) is 0 Å². The molecular weight excluding hydrogens is 270 g/mol. The lowest BCUT2D eigenvalue weighted by molar-refractivity contribution is 0.0952. The summed E-state index contributed by atoms with van der Waals surface area (Å²) in [6, 6.07) is 7.39. The summed E-state index contributed by atoms with van der Waals surface area (Å²) in [7, 11) is 0. The fourth-order valence-electron chi connectivity index (χ4n) is 1.50. The normalized spacial score (nSPS) is 18.2. The van der Waals surface area contributed by atoms with Crippen molar-refractivity contribution < 1.29 is 9.53 Å². The van der Waals surface area contributed by atoms with E-state index in [-0.39, 0.29) is 5.91 Å². The van der Waals surface area contributed by atoms with Crippen LogP contribution in [-0.2, 0) is 4.74 Å². The van der Waals surface area contributed by atoms with E-state index in [0.717, 1.165) is 23.9 Å². The Labute approximate surface area is 103 Å². The highest BCUT2D eigenvalue weighted by atomic mass is 79.9. The fraction of sp³-hybridized carbons (Fsp3) is 0.417. The summed E-state index contributed by atoms with van der Waals surface area (Å²) in [4.78, 5) is 11.7. The van der Waals surface area contributed by atoms with Gasteiger partial charge in [-0.05, 0) is 31.0 Å². The summed E-state index contributed by atoms with van der Waals surface area (Å²) < 4.78 is 6.02. The number of carbonyl (C=O) groups excluding carboxylic acids is 1. The second-order valence-corrected chi connectivity index (χ2v) is 4.78. The summed E-state index contributed by atoms with van der Waals surface area (Å²) in [5.74, 6) is -0.0157. The molecule has 1 atom stereocenters. The van der Waals surface area contributed by atoms with Crippen LogP contribution >= 0.6 is 15.9 Å². The van der Waals surface area contributed by atoms with E-state index in [9.17, 15) is 4.79 Å². The monoisotopic (exact) mass is 283 g/mol. The van der Waals surface area contributed by atoms with Crippen molar-refractivity contribution in [3.63, 3.8) is 0 Å². The number of carbonyl (C=O) groups is 1. The van der Waals surface area contributed by atoms with Crippen molar-refractivity contribution in [1.29, 1.82) is 0 Å². The van der Waals surface area contributed by atoms with Crippen molar-refractivity contribution in [2.24, 2.45) is 0 Å². The minimum Gasteiger partial charge on any atom is -0.373 e. The van der Waals surface area contributed by atoms with Gasteiger partial charge in [0.1, 0.15) is 0 Å². The van der Waals surface area contributed by atoms with Gasteiger partial charge in [-0.3, -0.25) is 4.79 Å². The first-order valence-corrected chi connectivity index (χ1v) is 6.20. The number of benzene rings is 1.